The van der Waals surface area contributed by atoms with Crippen LogP contribution < -0.4 is 0 Å². The summed E-state index contributed by atoms with van der Waals surface area (Å²) >= 11 is 0. The molecule has 0 unspecified atom stereocenters. The van der Waals surface area contributed by atoms with Gasteiger partial charge in [-0.1, -0.05) is 143 Å². The molecule has 264 valence electrons. The van der Waals surface area contributed by atoms with Crippen LogP contribution in [-0.4, -0.2) is 14.1 Å². The summed E-state index contributed by atoms with van der Waals surface area (Å²) in [6.45, 7) is 8.00. The predicted octanol–water partition coefficient (Wildman–Crippen LogP) is 14.4. The molecule has 1 aliphatic rings. The number of benzene rings is 6. The molecule has 0 N–H and O–H groups in total. The van der Waals surface area contributed by atoms with Gasteiger partial charge in [-0.3, -0.25) is 4.98 Å². The highest BCUT2D eigenvalue weighted by molar-refractivity contribution is 6.15. The molecule has 6 aromatic carbocycles. The number of rotatable bonds is 5. The second kappa shape index (κ2) is 15.3. The number of hydrogen-bond acceptors (Lipinski definition) is 1. The van der Waals surface area contributed by atoms with Crippen molar-refractivity contribution in [1.82, 2.24) is 14.1 Å². The molecule has 3 nitrogen and oxygen atoms in total. The molecule has 1 aliphatic carbocycles. The molecule has 3 heterocycles. The first kappa shape index (κ1) is 34.6. The quantitative estimate of drug-likeness (QED) is 0.175. The minimum Gasteiger partial charge on any atom is -0.311 e. The number of pyridine rings is 1. The zero-order chi connectivity index (χ0) is 37.0. The van der Waals surface area contributed by atoms with Crippen molar-refractivity contribution in [3.63, 3.8) is 0 Å². The Morgan fingerprint density at radius 3 is 1.70 bits per heavy atom. The smallest absolute Gasteiger partial charge is 0.0948 e. The minimum atomic E-state index is 0.961. The van der Waals surface area contributed by atoms with Crippen molar-refractivity contribution in [2.75, 3.05) is 0 Å². The Morgan fingerprint density at radius 1 is 0.463 bits per heavy atom. The average molecular weight is 700 g/mol. The molecule has 0 fully saturated rings. The van der Waals surface area contributed by atoms with Crippen LogP contribution in [0.4, 0.5) is 0 Å². The summed E-state index contributed by atoms with van der Waals surface area (Å²) in [5.41, 5.74) is 14.3. The highest BCUT2D eigenvalue weighted by Crippen LogP contribution is 2.42. The Kier molecular flexibility index (Phi) is 9.79. The maximum atomic E-state index is 5.01. The number of nitrogens with zero attached hydrogens (tertiary/aromatic N) is 3. The van der Waals surface area contributed by atoms with Crippen LogP contribution in [0.5, 0.6) is 0 Å². The number of hydrogen-bond donors (Lipinski definition) is 0. The van der Waals surface area contributed by atoms with E-state index >= 15 is 0 Å². The number of allylic oxidation sites excluding steroid dienone is 4. The van der Waals surface area contributed by atoms with Gasteiger partial charge in [-0.2, -0.15) is 0 Å². The fourth-order valence-electron chi connectivity index (χ4n) is 7.95. The van der Waals surface area contributed by atoms with E-state index in [-0.39, 0.29) is 0 Å². The SMILES string of the molecule is C1=C(c2ccccc2)C=C(n2c3ccc(-c4ccc5c(c4)c4ccccc4n5-c4ccccc4)cc3c3ccnc(-c4ccccc4)c32)CC1.CC.CC. The summed E-state index contributed by atoms with van der Waals surface area (Å²) in [4.78, 5) is 5.01. The van der Waals surface area contributed by atoms with E-state index < -0.39 is 0 Å². The Morgan fingerprint density at radius 2 is 1.02 bits per heavy atom. The van der Waals surface area contributed by atoms with E-state index in [4.69, 9.17) is 4.98 Å². The lowest BCUT2D eigenvalue weighted by atomic mass is 9.97. The van der Waals surface area contributed by atoms with Crippen LogP contribution in [0.25, 0.3) is 83.0 Å². The van der Waals surface area contributed by atoms with Crippen molar-refractivity contribution in [2.24, 2.45) is 0 Å². The van der Waals surface area contributed by atoms with Gasteiger partial charge >= 0.3 is 0 Å². The zero-order valence-corrected chi connectivity index (χ0v) is 31.5. The van der Waals surface area contributed by atoms with Crippen molar-refractivity contribution in [3.05, 3.63) is 182 Å². The minimum absolute atomic E-state index is 0.961. The van der Waals surface area contributed by atoms with Crippen molar-refractivity contribution >= 4 is 54.9 Å². The van der Waals surface area contributed by atoms with Crippen molar-refractivity contribution in [2.45, 2.75) is 40.5 Å². The lowest BCUT2D eigenvalue weighted by Crippen LogP contribution is -2.02. The third kappa shape index (κ3) is 6.02. The highest BCUT2D eigenvalue weighted by Gasteiger charge is 2.21. The van der Waals surface area contributed by atoms with E-state index in [2.05, 4.69) is 179 Å². The molecular formula is C51H45N3. The summed E-state index contributed by atoms with van der Waals surface area (Å²) in [6.07, 6.45) is 8.67. The summed E-state index contributed by atoms with van der Waals surface area (Å²) in [6, 6.07) is 56.8. The van der Waals surface area contributed by atoms with Gasteiger partial charge in [-0.15, -0.1) is 0 Å². The first-order chi connectivity index (χ1) is 26.8. The Labute approximate surface area is 318 Å². The van der Waals surface area contributed by atoms with Gasteiger partial charge in [0, 0.05) is 44.7 Å². The molecule has 3 heteroatoms. The van der Waals surface area contributed by atoms with E-state index in [1.807, 2.05) is 33.9 Å². The molecule has 54 heavy (non-hydrogen) atoms. The van der Waals surface area contributed by atoms with Gasteiger partial charge in [-0.05, 0) is 89.7 Å². The second-order valence-electron chi connectivity index (χ2n) is 13.1. The molecule has 0 amide bonds. The Hall–Kier alpha value is -6.45. The average Bonchev–Trinajstić information content (AvgIpc) is 3.78. The largest absolute Gasteiger partial charge is 0.311 e. The van der Waals surface area contributed by atoms with Gasteiger partial charge in [0.15, 0.2) is 0 Å². The molecule has 10 rings (SSSR count). The maximum absolute atomic E-state index is 5.01. The zero-order valence-electron chi connectivity index (χ0n) is 31.5. The number of aromatic nitrogens is 3. The topological polar surface area (TPSA) is 22.8 Å². The van der Waals surface area contributed by atoms with E-state index in [0.717, 1.165) is 29.6 Å². The molecule has 3 aromatic heterocycles. The van der Waals surface area contributed by atoms with Crippen LogP contribution in [0, 0.1) is 0 Å². The predicted molar refractivity (Wildman–Crippen MR) is 233 cm³/mol. The van der Waals surface area contributed by atoms with Crippen molar-refractivity contribution in [3.8, 4) is 28.1 Å². The Bertz CT molecular complexity index is 2780. The first-order valence-electron chi connectivity index (χ1n) is 19.4. The summed E-state index contributed by atoms with van der Waals surface area (Å²) in [5, 5.41) is 4.97. The third-order valence-electron chi connectivity index (χ3n) is 10.2. The fraction of sp³-hybridized carbons (Fsp3) is 0.118. The van der Waals surface area contributed by atoms with Crippen LogP contribution in [0.15, 0.2) is 176 Å². The summed E-state index contributed by atoms with van der Waals surface area (Å²) < 4.78 is 4.86. The second-order valence-corrected chi connectivity index (χ2v) is 13.1. The van der Waals surface area contributed by atoms with Crippen LogP contribution in [-0.2, 0) is 0 Å². The standard InChI is InChI=1S/C47H33N3.2C2H6/c1-4-13-32(14-5-1)34-17-12-20-38(29-34)50-45-26-24-36(31-42(45)40-27-28-48-46(47(40)50)33-15-6-2-7-16-33)35-23-25-44-41(30-35)39-21-10-11-22-43(39)49(44)37-18-8-3-9-19-37;2*1-2/h1-11,13-19,21-31H,12,20H2;2*1-2H3. The van der Waals surface area contributed by atoms with Crippen LogP contribution in [0.2, 0.25) is 0 Å². The number of fused-ring (bicyclic) bond motifs is 6. The van der Waals surface area contributed by atoms with Crippen LogP contribution in [0.1, 0.15) is 46.1 Å². The molecule has 0 aliphatic heterocycles. The van der Waals surface area contributed by atoms with E-state index in [1.54, 1.807) is 0 Å². The summed E-state index contributed by atoms with van der Waals surface area (Å²) in [7, 11) is 0. The van der Waals surface area contributed by atoms with Gasteiger partial charge in [0.05, 0.1) is 27.8 Å². The molecule has 0 radical (unpaired) electrons. The van der Waals surface area contributed by atoms with Crippen molar-refractivity contribution < 1.29 is 0 Å². The van der Waals surface area contributed by atoms with Gasteiger partial charge in [0.1, 0.15) is 0 Å². The molecule has 0 saturated carbocycles. The monoisotopic (exact) mass is 699 g/mol. The van der Waals surface area contributed by atoms with Gasteiger partial charge in [-0.25, -0.2) is 0 Å². The molecule has 0 bridgehead atoms. The third-order valence-corrected chi connectivity index (χ3v) is 10.2. The van der Waals surface area contributed by atoms with Gasteiger partial charge < -0.3 is 9.13 Å². The van der Waals surface area contributed by atoms with E-state index in [9.17, 15) is 0 Å². The highest BCUT2D eigenvalue weighted by atomic mass is 15.0. The lowest BCUT2D eigenvalue weighted by Gasteiger charge is -2.19. The van der Waals surface area contributed by atoms with Crippen LogP contribution >= 0.6 is 0 Å². The lowest BCUT2D eigenvalue weighted by molar-refractivity contribution is 0.981. The normalized spacial score (nSPS) is 12.5. The first-order valence-corrected chi connectivity index (χ1v) is 19.4. The maximum Gasteiger partial charge on any atom is 0.0948 e. The molecule has 0 spiro atoms. The molecular weight excluding hydrogens is 655 g/mol. The van der Waals surface area contributed by atoms with Gasteiger partial charge in [0.25, 0.3) is 0 Å². The number of para-hydroxylation sites is 2. The fourth-order valence-corrected chi connectivity index (χ4v) is 7.95. The molecule has 9 aromatic rings. The Balaban J connectivity index is 0.00000100. The van der Waals surface area contributed by atoms with Gasteiger partial charge in [0.2, 0.25) is 0 Å². The molecule has 0 atom stereocenters. The van der Waals surface area contributed by atoms with Crippen LogP contribution in [0.3, 0.4) is 0 Å². The summed E-state index contributed by atoms with van der Waals surface area (Å²) in [5.74, 6) is 0. The van der Waals surface area contributed by atoms with Crippen molar-refractivity contribution in [1.29, 1.82) is 0 Å². The molecule has 0 saturated heterocycles. The van der Waals surface area contributed by atoms with E-state index in [1.165, 1.54) is 71.7 Å². The van der Waals surface area contributed by atoms with E-state index in [0.29, 0.717) is 0 Å².